The van der Waals surface area contributed by atoms with E-state index in [2.05, 4.69) is 20.7 Å². The summed E-state index contributed by atoms with van der Waals surface area (Å²) in [7, 11) is -3.80. The van der Waals surface area contributed by atoms with Gasteiger partial charge in [0.1, 0.15) is 5.82 Å². The normalized spacial score (nSPS) is 11.3. The van der Waals surface area contributed by atoms with Gasteiger partial charge in [0, 0.05) is 10.2 Å². The van der Waals surface area contributed by atoms with Crippen molar-refractivity contribution in [2.24, 2.45) is 0 Å². The maximum Gasteiger partial charge on any atom is 0.261 e. The van der Waals surface area contributed by atoms with Gasteiger partial charge in [0.05, 0.1) is 10.6 Å². The molecule has 2 aromatic carbocycles. The van der Waals surface area contributed by atoms with Crippen LogP contribution in [0, 0.1) is 12.7 Å². The van der Waals surface area contributed by atoms with Crippen molar-refractivity contribution in [2.45, 2.75) is 11.8 Å². The summed E-state index contributed by atoms with van der Waals surface area (Å²) in [5.41, 5.74) is 6.76. The summed E-state index contributed by atoms with van der Waals surface area (Å²) in [5, 5.41) is 0. The maximum absolute atomic E-state index is 13.3. The van der Waals surface area contributed by atoms with Crippen LogP contribution in [0.15, 0.2) is 45.8 Å². The Morgan fingerprint density at radius 2 is 1.90 bits per heavy atom. The molecule has 0 heterocycles. The van der Waals surface area contributed by atoms with Crippen molar-refractivity contribution in [3.05, 3.63) is 52.3 Å². The zero-order chi connectivity index (χ0) is 14.9. The van der Waals surface area contributed by atoms with Crippen LogP contribution in [0.1, 0.15) is 5.56 Å². The Hall–Kier alpha value is -1.60. The van der Waals surface area contributed by atoms with E-state index in [1.54, 1.807) is 19.1 Å². The molecule has 0 aliphatic rings. The fourth-order valence-corrected chi connectivity index (χ4v) is 3.02. The summed E-state index contributed by atoms with van der Waals surface area (Å²) < 4.78 is 40.6. The smallest absolute Gasteiger partial charge is 0.261 e. The van der Waals surface area contributed by atoms with Gasteiger partial charge in [-0.3, -0.25) is 4.72 Å². The molecular weight excluding hydrogens is 347 g/mol. The quantitative estimate of drug-likeness (QED) is 0.827. The van der Waals surface area contributed by atoms with Crippen LogP contribution in [0.4, 0.5) is 15.8 Å². The molecule has 0 unspecified atom stereocenters. The standard InChI is InChI=1S/C13H12BrFN2O2S/c1-8-4-9(15)6-10(5-8)17-20(18,19)11-2-3-12(14)13(16)7-11/h2-7,17H,16H2,1H3. The molecular formula is C13H12BrFN2O2S. The van der Waals surface area contributed by atoms with Crippen molar-refractivity contribution in [1.29, 1.82) is 0 Å². The second-order valence-corrected chi connectivity index (χ2v) is 6.84. The fraction of sp³-hybridized carbons (Fsp3) is 0.0769. The molecule has 0 saturated carbocycles. The minimum Gasteiger partial charge on any atom is -0.398 e. The minimum atomic E-state index is -3.80. The molecule has 3 N–H and O–H groups in total. The lowest BCUT2D eigenvalue weighted by molar-refractivity contribution is 0.601. The average Bonchev–Trinajstić information content (AvgIpc) is 2.30. The van der Waals surface area contributed by atoms with Crippen molar-refractivity contribution >= 4 is 37.3 Å². The summed E-state index contributed by atoms with van der Waals surface area (Å²) in [6.07, 6.45) is 0. The number of nitrogen functional groups attached to an aromatic ring is 1. The molecule has 2 rings (SSSR count). The van der Waals surface area contributed by atoms with Gasteiger partial charge in [-0.2, -0.15) is 0 Å². The van der Waals surface area contributed by atoms with Crippen LogP contribution < -0.4 is 10.5 Å². The van der Waals surface area contributed by atoms with Gasteiger partial charge in [-0.15, -0.1) is 0 Å². The largest absolute Gasteiger partial charge is 0.398 e. The number of aryl methyl sites for hydroxylation is 1. The first-order valence-corrected chi connectivity index (χ1v) is 7.90. The lowest BCUT2D eigenvalue weighted by atomic mass is 10.2. The molecule has 0 spiro atoms. The molecule has 7 heteroatoms. The summed E-state index contributed by atoms with van der Waals surface area (Å²) in [5.74, 6) is -0.502. The molecule has 2 aromatic rings. The van der Waals surface area contributed by atoms with Crippen molar-refractivity contribution in [2.75, 3.05) is 10.5 Å². The third-order valence-electron chi connectivity index (χ3n) is 2.57. The zero-order valence-corrected chi connectivity index (χ0v) is 12.9. The van der Waals surface area contributed by atoms with Crippen LogP contribution in [0.3, 0.4) is 0 Å². The predicted octanol–water partition coefficient (Wildman–Crippen LogP) is 3.28. The Kier molecular flexibility index (Phi) is 4.01. The predicted molar refractivity (Wildman–Crippen MR) is 80.5 cm³/mol. The van der Waals surface area contributed by atoms with E-state index in [-0.39, 0.29) is 10.6 Å². The van der Waals surface area contributed by atoms with Crippen LogP contribution in [0.5, 0.6) is 0 Å². The Morgan fingerprint density at radius 1 is 1.20 bits per heavy atom. The maximum atomic E-state index is 13.3. The minimum absolute atomic E-state index is 0.0140. The van der Waals surface area contributed by atoms with E-state index in [0.29, 0.717) is 15.7 Å². The van der Waals surface area contributed by atoms with Crippen molar-refractivity contribution in [3.8, 4) is 0 Å². The molecule has 4 nitrogen and oxygen atoms in total. The Balaban J connectivity index is 2.37. The summed E-state index contributed by atoms with van der Waals surface area (Å²) >= 11 is 3.19. The second kappa shape index (κ2) is 5.41. The first kappa shape index (κ1) is 14.8. The van der Waals surface area contributed by atoms with E-state index in [4.69, 9.17) is 5.73 Å². The van der Waals surface area contributed by atoms with E-state index < -0.39 is 15.8 Å². The number of sulfonamides is 1. The Bertz CT molecular complexity index is 743. The van der Waals surface area contributed by atoms with E-state index >= 15 is 0 Å². The molecule has 0 amide bonds. The number of benzene rings is 2. The van der Waals surface area contributed by atoms with E-state index in [1.807, 2.05) is 0 Å². The molecule has 0 aliphatic carbocycles. The highest BCUT2D eigenvalue weighted by Gasteiger charge is 2.15. The number of anilines is 2. The van der Waals surface area contributed by atoms with Gasteiger partial charge in [-0.25, -0.2) is 12.8 Å². The third-order valence-corrected chi connectivity index (χ3v) is 4.67. The third kappa shape index (κ3) is 3.29. The molecule has 0 aromatic heterocycles. The van der Waals surface area contributed by atoms with Gasteiger partial charge in [-0.1, -0.05) is 0 Å². The molecule has 0 fully saturated rings. The summed E-state index contributed by atoms with van der Waals surface area (Å²) in [6, 6.07) is 8.26. The van der Waals surface area contributed by atoms with Crippen LogP contribution in [0.2, 0.25) is 0 Å². The summed E-state index contributed by atoms with van der Waals surface area (Å²) in [4.78, 5) is 0.0140. The molecule has 0 aliphatic heterocycles. The molecule has 106 valence electrons. The summed E-state index contributed by atoms with van der Waals surface area (Å²) in [6.45, 7) is 1.68. The lowest BCUT2D eigenvalue weighted by Gasteiger charge is -2.10. The molecule has 20 heavy (non-hydrogen) atoms. The van der Waals surface area contributed by atoms with Crippen LogP contribution >= 0.6 is 15.9 Å². The van der Waals surface area contributed by atoms with Crippen LogP contribution in [-0.4, -0.2) is 8.42 Å². The van der Waals surface area contributed by atoms with E-state index in [9.17, 15) is 12.8 Å². The van der Waals surface area contributed by atoms with Gasteiger partial charge in [0.25, 0.3) is 10.0 Å². The van der Waals surface area contributed by atoms with Crippen molar-refractivity contribution in [3.63, 3.8) is 0 Å². The number of nitrogens with two attached hydrogens (primary N) is 1. The van der Waals surface area contributed by atoms with Gasteiger partial charge >= 0.3 is 0 Å². The van der Waals surface area contributed by atoms with Gasteiger partial charge in [-0.05, 0) is 64.8 Å². The fourth-order valence-electron chi connectivity index (χ4n) is 1.70. The first-order valence-electron chi connectivity index (χ1n) is 5.63. The number of hydrogen-bond acceptors (Lipinski definition) is 3. The van der Waals surface area contributed by atoms with Crippen LogP contribution in [-0.2, 0) is 10.0 Å². The van der Waals surface area contributed by atoms with Gasteiger partial charge < -0.3 is 5.73 Å². The van der Waals surface area contributed by atoms with E-state index in [0.717, 1.165) is 6.07 Å². The number of nitrogens with one attached hydrogen (secondary N) is 1. The van der Waals surface area contributed by atoms with Crippen LogP contribution in [0.25, 0.3) is 0 Å². The van der Waals surface area contributed by atoms with Gasteiger partial charge in [0.2, 0.25) is 0 Å². The zero-order valence-electron chi connectivity index (χ0n) is 10.5. The Labute approximate surface area is 125 Å². The van der Waals surface area contributed by atoms with E-state index in [1.165, 1.54) is 18.2 Å². The number of rotatable bonds is 3. The van der Waals surface area contributed by atoms with Crippen molar-refractivity contribution < 1.29 is 12.8 Å². The van der Waals surface area contributed by atoms with Crippen molar-refractivity contribution in [1.82, 2.24) is 0 Å². The SMILES string of the molecule is Cc1cc(F)cc(NS(=O)(=O)c2ccc(Br)c(N)c2)c1. The molecule has 0 atom stereocenters. The average molecular weight is 359 g/mol. The topological polar surface area (TPSA) is 72.2 Å². The Morgan fingerprint density at radius 3 is 2.50 bits per heavy atom. The first-order chi connectivity index (χ1) is 9.28. The highest BCUT2D eigenvalue weighted by atomic mass is 79.9. The highest BCUT2D eigenvalue weighted by molar-refractivity contribution is 9.10. The monoisotopic (exact) mass is 358 g/mol. The lowest BCUT2D eigenvalue weighted by Crippen LogP contribution is -2.13. The van der Waals surface area contributed by atoms with Gasteiger partial charge in [0.15, 0.2) is 0 Å². The molecule has 0 saturated heterocycles. The molecule has 0 bridgehead atoms. The second-order valence-electron chi connectivity index (χ2n) is 4.31. The number of hydrogen-bond donors (Lipinski definition) is 2. The number of halogens is 2. The molecule has 0 radical (unpaired) electrons. The highest BCUT2D eigenvalue weighted by Crippen LogP contribution is 2.24.